The van der Waals surface area contributed by atoms with Crippen molar-refractivity contribution in [1.29, 1.82) is 0 Å². The molecular formula is C15H22N4O3S2. The lowest BCUT2D eigenvalue weighted by Crippen LogP contribution is -2.37. The number of sulfone groups is 1. The van der Waals surface area contributed by atoms with Crippen LogP contribution in [-0.2, 0) is 23.1 Å². The van der Waals surface area contributed by atoms with Crippen molar-refractivity contribution in [3.05, 3.63) is 23.2 Å². The van der Waals surface area contributed by atoms with E-state index < -0.39 is 9.84 Å². The summed E-state index contributed by atoms with van der Waals surface area (Å²) in [5, 5.41) is 4.61. The normalized spacial score (nSPS) is 20.0. The first-order chi connectivity index (χ1) is 11.4. The summed E-state index contributed by atoms with van der Waals surface area (Å²) in [5.41, 5.74) is 0. The Morgan fingerprint density at radius 2 is 2.25 bits per heavy atom. The third-order valence-corrected chi connectivity index (χ3v) is 6.61. The molecule has 1 aliphatic rings. The minimum absolute atomic E-state index is 0.0285. The molecule has 1 saturated heterocycles. The van der Waals surface area contributed by atoms with Crippen molar-refractivity contribution in [3.63, 3.8) is 0 Å². The van der Waals surface area contributed by atoms with Crippen LogP contribution in [0, 0.1) is 4.77 Å². The molecule has 0 unspecified atom stereocenters. The molecule has 0 radical (unpaired) electrons. The fourth-order valence-corrected chi connectivity index (χ4v) is 5.19. The maximum Gasteiger partial charge on any atom is 0.199 e. The molecule has 0 bridgehead atoms. The maximum atomic E-state index is 11.8. The topological polar surface area (TPSA) is 73.3 Å². The highest BCUT2D eigenvalue weighted by Crippen LogP contribution is 2.21. The lowest BCUT2D eigenvalue weighted by atomic mass is 10.2. The molecule has 132 valence electrons. The van der Waals surface area contributed by atoms with Gasteiger partial charge in [0.2, 0.25) is 0 Å². The van der Waals surface area contributed by atoms with E-state index in [0.29, 0.717) is 36.0 Å². The Morgan fingerprint density at radius 1 is 1.46 bits per heavy atom. The molecule has 9 heteroatoms. The predicted molar refractivity (Wildman–Crippen MR) is 93.9 cm³/mol. The van der Waals surface area contributed by atoms with Gasteiger partial charge in [-0.25, -0.2) is 13.1 Å². The Morgan fingerprint density at radius 3 is 2.79 bits per heavy atom. The van der Waals surface area contributed by atoms with Crippen LogP contribution >= 0.6 is 12.2 Å². The van der Waals surface area contributed by atoms with E-state index in [2.05, 4.69) is 10.00 Å². The van der Waals surface area contributed by atoms with Crippen molar-refractivity contribution in [2.45, 2.75) is 39.5 Å². The van der Waals surface area contributed by atoms with Gasteiger partial charge in [0.1, 0.15) is 0 Å². The summed E-state index contributed by atoms with van der Waals surface area (Å²) in [7, 11) is -2.91. The Kier molecular flexibility index (Phi) is 4.93. The van der Waals surface area contributed by atoms with E-state index in [4.69, 9.17) is 16.6 Å². The van der Waals surface area contributed by atoms with E-state index in [1.807, 2.05) is 30.5 Å². The Balaban J connectivity index is 1.88. The molecule has 1 atom stereocenters. The van der Waals surface area contributed by atoms with Crippen LogP contribution in [0.5, 0.6) is 0 Å². The van der Waals surface area contributed by atoms with E-state index in [1.54, 1.807) is 10.9 Å². The van der Waals surface area contributed by atoms with Crippen molar-refractivity contribution >= 4 is 22.1 Å². The van der Waals surface area contributed by atoms with Crippen LogP contribution in [0.15, 0.2) is 22.8 Å². The first kappa shape index (κ1) is 17.4. The van der Waals surface area contributed by atoms with Gasteiger partial charge in [-0.2, -0.15) is 0 Å². The molecule has 0 aliphatic carbocycles. The van der Waals surface area contributed by atoms with Crippen molar-refractivity contribution in [1.82, 2.24) is 19.2 Å². The highest BCUT2D eigenvalue weighted by molar-refractivity contribution is 7.91. The van der Waals surface area contributed by atoms with Gasteiger partial charge in [0, 0.05) is 12.6 Å². The second kappa shape index (κ2) is 6.81. The lowest BCUT2D eigenvalue weighted by Gasteiger charge is -2.25. The number of hydrogen-bond acceptors (Lipinski definition) is 6. The quantitative estimate of drug-likeness (QED) is 0.726. The SMILES string of the molecule is CCN(Cn1nc(-c2ccco2)n(CC)c1=S)[C@@H]1CCS(=O)(=O)C1. The van der Waals surface area contributed by atoms with Crippen molar-refractivity contribution in [2.24, 2.45) is 0 Å². The molecule has 2 aromatic rings. The van der Waals surface area contributed by atoms with Crippen LogP contribution in [0.2, 0.25) is 0 Å². The minimum Gasteiger partial charge on any atom is -0.461 e. The van der Waals surface area contributed by atoms with Crippen LogP contribution in [0.1, 0.15) is 20.3 Å². The van der Waals surface area contributed by atoms with Gasteiger partial charge in [-0.1, -0.05) is 6.92 Å². The molecule has 7 nitrogen and oxygen atoms in total. The Hall–Kier alpha value is -1.45. The van der Waals surface area contributed by atoms with E-state index in [1.165, 1.54) is 0 Å². The monoisotopic (exact) mass is 370 g/mol. The third kappa shape index (κ3) is 3.33. The molecule has 2 aromatic heterocycles. The number of rotatable bonds is 6. The Labute approximate surface area is 146 Å². The zero-order chi connectivity index (χ0) is 17.3. The molecule has 0 saturated carbocycles. The van der Waals surface area contributed by atoms with Gasteiger partial charge in [0.05, 0.1) is 24.4 Å². The standard InChI is InChI=1S/C15H22N4O3S2/c1-3-17(12-7-9-24(20,21)10-12)11-19-15(23)18(4-2)14(16-19)13-6-5-8-22-13/h5-6,8,12H,3-4,7,9-11H2,1-2H3/t12-/m1/s1. The molecule has 1 aliphatic heterocycles. The van der Waals surface area contributed by atoms with Crippen LogP contribution in [0.4, 0.5) is 0 Å². The van der Waals surface area contributed by atoms with Crippen LogP contribution in [0.25, 0.3) is 11.6 Å². The zero-order valence-electron chi connectivity index (χ0n) is 13.9. The number of hydrogen-bond donors (Lipinski definition) is 0. The summed E-state index contributed by atoms with van der Waals surface area (Å²) in [4.78, 5) is 2.12. The van der Waals surface area contributed by atoms with E-state index in [0.717, 1.165) is 6.54 Å². The summed E-state index contributed by atoms with van der Waals surface area (Å²) < 4.78 is 33.3. The first-order valence-corrected chi connectivity index (χ1v) is 10.3. The molecule has 1 fully saturated rings. The van der Waals surface area contributed by atoms with E-state index >= 15 is 0 Å². The zero-order valence-corrected chi connectivity index (χ0v) is 15.5. The van der Waals surface area contributed by atoms with Crippen LogP contribution < -0.4 is 0 Å². The fourth-order valence-electron chi connectivity index (χ4n) is 3.12. The Bertz CT molecular complexity index is 852. The average Bonchev–Trinajstić information content (AvgIpc) is 3.24. The summed E-state index contributed by atoms with van der Waals surface area (Å²) in [6, 6.07) is 3.70. The second-order valence-corrected chi connectivity index (χ2v) is 8.52. The molecule has 24 heavy (non-hydrogen) atoms. The van der Waals surface area contributed by atoms with Gasteiger partial charge in [-0.3, -0.25) is 9.47 Å². The maximum absolute atomic E-state index is 11.8. The molecule has 3 rings (SSSR count). The van der Waals surface area contributed by atoms with Gasteiger partial charge in [-0.05, 0) is 44.2 Å². The van der Waals surface area contributed by atoms with Crippen molar-refractivity contribution < 1.29 is 12.8 Å². The third-order valence-electron chi connectivity index (χ3n) is 4.43. The highest BCUT2D eigenvalue weighted by Gasteiger charge is 2.32. The van der Waals surface area contributed by atoms with Gasteiger partial charge >= 0.3 is 0 Å². The number of nitrogens with zero attached hydrogens (tertiary/aromatic N) is 4. The summed E-state index contributed by atoms with van der Waals surface area (Å²) in [6.45, 7) is 5.96. The number of aromatic nitrogens is 3. The first-order valence-electron chi connectivity index (χ1n) is 8.11. The summed E-state index contributed by atoms with van der Waals surface area (Å²) in [6.07, 6.45) is 2.28. The summed E-state index contributed by atoms with van der Waals surface area (Å²) in [5.74, 6) is 1.85. The fraction of sp³-hybridized carbons (Fsp3) is 0.600. The van der Waals surface area contributed by atoms with Gasteiger partial charge in [-0.15, -0.1) is 5.10 Å². The summed E-state index contributed by atoms with van der Waals surface area (Å²) >= 11 is 5.55. The van der Waals surface area contributed by atoms with Gasteiger partial charge in [0.25, 0.3) is 0 Å². The van der Waals surface area contributed by atoms with Crippen molar-refractivity contribution in [3.8, 4) is 11.6 Å². The molecule has 0 amide bonds. The van der Waals surface area contributed by atoms with Gasteiger partial charge < -0.3 is 4.42 Å². The average molecular weight is 371 g/mol. The minimum atomic E-state index is -2.91. The van der Waals surface area contributed by atoms with E-state index in [-0.39, 0.29) is 17.5 Å². The molecule has 0 aromatic carbocycles. The molecule has 0 N–H and O–H groups in total. The largest absolute Gasteiger partial charge is 0.461 e. The molecule has 0 spiro atoms. The molecular weight excluding hydrogens is 348 g/mol. The van der Waals surface area contributed by atoms with Crippen LogP contribution in [0.3, 0.4) is 0 Å². The lowest BCUT2D eigenvalue weighted by molar-refractivity contribution is 0.164. The molecule has 3 heterocycles. The van der Waals surface area contributed by atoms with Gasteiger partial charge in [0.15, 0.2) is 26.2 Å². The smallest absolute Gasteiger partial charge is 0.199 e. The highest BCUT2D eigenvalue weighted by atomic mass is 32.2. The number of furan rings is 1. The predicted octanol–water partition coefficient (Wildman–Crippen LogP) is 2.16. The van der Waals surface area contributed by atoms with E-state index in [9.17, 15) is 8.42 Å². The van der Waals surface area contributed by atoms with Crippen molar-refractivity contribution in [2.75, 3.05) is 18.1 Å². The second-order valence-electron chi connectivity index (χ2n) is 5.93. The van der Waals surface area contributed by atoms with Crippen LogP contribution in [-0.4, -0.2) is 51.8 Å².